The molecule has 0 radical (unpaired) electrons. The monoisotopic (exact) mass is 231 g/mol. The van der Waals surface area contributed by atoms with E-state index in [2.05, 4.69) is 5.16 Å². The van der Waals surface area contributed by atoms with Gasteiger partial charge < -0.3 is 9.26 Å². The Bertz CT molecular complexity index is 517. The highest BCUT2D eigenvalue weighted by atomic mass is 16.5. The second-order valence-corrected chi connectivity index (χ2v) is 3.68. The fraction of sp³-hybridized carbons (Fsp3) is 0.231. The Hall–Kier alpha value is -1.94. The highest BCUT2D eigenvalue weighted by molar-refractivity contribution is 6.00. The van der Waals surface area contributed by atoms with Gasteiger partial charge in [0.15, 0.2) is 11.5 Å². The molecule has 1 aromatic heterocycles. The van der Waals surface area contributed by atoms with E-state index in [9.17, 15) is 4.79 Å². The van der Waals surface area contributed by atoms with E-state index in [0.29, 0.717) is 17.0 Å². The first kappa shape index (κ1) is 11.5. The van der Waals surface area contributed by atoms with Gasteiger partial charge in [0.05, 0.1) is 5.56 Å². The molecule has 0 amide bonds. The third kappa shape index (κ3) is 2.26. The zero-order valence-electron chi connectivity index (χ0n) is 9.77. The molecule has 0 saturated heterocycles. The second-order valence-electron chi connectivity index (χ2n) is 3.68. The summed E-state index contributed by atoms with van der Waals surface area (Å²) in [4.78, 5) is 11.6. The standard InChI is InChI=1S/C13H13NO3/c1-9(15)12-11(8-16-2)17-14-13(12)10-6-4-3-5-7-10/h3-7H,8H2,1-2H3. The van der Waals surface area contributed by atoms with Crippen LogP contribution in [0.15, 0.2) is 34.9 Å². The lowest BCUT2D eigenvalue weighted by atomic mass is 10.0. The topological polar surface area (TPSA) is 52.3 Å². The quantitative estimate of drug-likeness (QED) is 0.759. The molecule has 0 aliphatic carbocycles. The van der Waals surface area contributed by atoms with Crippen LogP contribution in [0.5, 0.6) is 0 Å². The number of hydrogen-bond acceptors (Lipinski definition) is 4. The van der Waals surface area contributed by atoms with Gasteiger partial charge in [0.2, 0.25) is 0 Å². The Morgan fingerprint density at radius 3 is 2.65 bits per heavy atom. The molecule has 2 rings (SSSR count). The van der Waals surface area contributed by atoms with Crippen molar-refractivity contribution in [1.82, 2.24) is 5.16 Å². The molecule has 1 aromatic carbocycles. The molecule has 17 heavy (non-hydrogen) atoms. The van der Waals surface area contributed by atoms with Crippen LogP contribution in [0.2, 0.25) is 0 Å². The smallest absolute Gasteiger partial charge is 0.173 e. The fourth-order valence-electron chi connectivity index (χ4n) is 1.71. The number of carbonyl (C=O) groups excluding carboxylic acids is 1. The predicted molar refractivity (Wildman–Crippen MR) is 62.7 cm³/mol. The van der Waals surface area contributed by atoms with Crippen molar-refractivity contribution in [2.45, 2.75) is 13.5 Å². The van der Waals surface area contributed by atoms with Gasteiger partial charge in [0.1, 0.15) is 12.3 Å². The van der Waals surface area contributed by atoms with E-state index in [1.807, 2.05) is 30.3 Å². The molecule has 0 unspecified atom stereocenters. The zero-order valence-corrected chi connectivity index (χ0v) is 9.77. The highest BCUT2D eigenvalue weighted by Gasteiger charge is 2.20. The van der Waals surface area contributed by atoms with E-state index in [0.717, 1.165) is 5.56 Å². The molecular formula is C13H13NO3. The number of ketones is 1. The average Bonchev–Trinajstić information content (AvgIpc) is 2.74. The minimum absolute atomic E-state index is 0.0721. The number of methoxy groups -OCH3 is 1. The van der Waals surface area contributed by atoms with Crippen LogP contribution in [0, 0.1) is 0 Å². The van der Waals surface area contributed by atoms with Crippen LogP contribution in [0.4, 0.5) is 0 Å². The Morgan fingerprint density at radius 1 is 1.35 bits per heavy atom. The number of Topliss-reactive ketones (excluding diaryl/α,β-unsaturated/α-hetero) is 1. The molecule has 0 aliphatic heterocycles. The van der Waals surface area contributed by atoms with E-state index >= 15 is 0 Å². The van der Waals surface area contributed by atoms with E-state index < -0.39 is 0 Å². The van der Waals surface area contributed by atoms with Crippen LogP contribution in [0.3, 0.4) is 0 Å². The summed E-state index contributed by atoms with van der Waals surface area (Å²) in [6, 6.07) is 9.47. The number of nitrogens with zero attached hydrogens (tertiary/aromatic N) is 1. The SMILES string of the molecule is COCc1onc(-c2ccccc2)c1C(C)=O. The first-order valence-electron chi connectivity index (χ1n) is 5.28. The maximum Gasteiger partial charge on any atom is 0.173 e. The molecule has 0 saturated carbocycles. The van der Waals surface area contributed by atoms with E-state index in [-0.39, 0.29) is 12.4 Å². The van der Waals surface area contributed by atoms with Crippen LogP contribution < -0.4 is 0 Å². The average molecular weight is 231 g/mol. The zero-order chi connectivity index (χ0) is 12.3. The Kier molecular flexibility index (Phi) is 3.35. The van der Waals surface area contributed by atoms with Crippen molar-refractivity contribution < 1.29 is 14.1 Å². The van der Waals surface area contributed by atoms with Crippen LogP contribution in [0.1, 0.15) is 23.0 Å². The normalized spacial score (nSPS) is 10.5. The summed E-state index contributed by atoms with van der Waals surface area (Å²) in [7, 11) is 1.55. The molecule has 2 aromatic rings. The molecule has 0 bridgehead atoms. The summed E-state index contributed by atoms with van der Waals surface area (Å²) in [5, 5.41) is 3.95. The molecule has 1 heterocycles. The molecule has 0 spiro atoms. The van der Waals surface area contributed by atoms with Gasteiger partial charge in [-0.25, -0.2) is 0 Å². The van der Waals surface area contributed by atoms with E-state index in [4.69, 9.17) is 9.26 Å². The summed E-state index contributed by atoms with van der Waals surface area (Å²) in [6.45, 7) is 1.74. The predicted octanol–water partition coefficient (Wildman–Crippen LogP) is 2.69. The maximum atomic E-state index is 11.6. The number of aromatic nitrogens is 1. The summed E-state index contributed by atoms with van der Waals surface area (Å²) in [5.41, 5.74) is 1.94. The van der Waals surface area contributed by atoms with E-state index in [1.54, 1.807) is 7.11 Å². The maximum absolute atomic E-state index is 11.6. The third-order valence-corrected chi connectivity index (χ3v) is 2.44. The van der Waals surface area contributed by atoms with Crippen LogP contribution >= 0.6 is 0 Å². The molecule has 88 valence electrons. The molecule has 4 heteroatoms. The molecule has 0 atom stereocenters. The second kappa shape index (κ2) is 4.93. The van der Waals surface area contributed by atoms with Crippen molar-refractivity contribution in [3.8, 4) is 11.3 Å². The van der Waals surface area contributed by atoms with Crippen molar-refractivity contribution in [2.75, 3.05) is 7.11 Å². The number of rotatable bonds is 4. The lowest BCUT2D eigenvalue weighted by Gasteiger charge is -1.99. The largest absolute Gasteiger partial charge is 0.377 e. The van der Waals surface area contributed by atoms with Crippen molar-refractivity contribution in [3.63, 3.8) is 0 Å². The summed E-state index contributed by atoms with van der Waals surface area (Å²) in [5.74, 6) is 0.399. The highest BCUT2D eigenvalue weighted by Crippen LogP contribution is 2.26. The first-order valence-corrected chi connectivity index (χ1v) is 5.28. The lowest BCUT2D eigenvalue weighted by Crippen LogP contribution is -1.99. The third-order valence-electron chi connectivity index (χ3n) is 2.44. The van der Waals surface area contributed by atoms with Crippen LogP contribution in [-0.4, -0.2) is 18.0 Å². The van der Waals surface area contributed by atoms with Crippen molar-refractivity contribution in [1.29, 1.82) is 0 Å². The Labute approximate surface area is 99.2 Å². The van der Waals surface area contributed by atoms with Gasteiger partial charge >= 0.3 is 0 Å². The number of hydrogen-bond donors (Lipinski definition) is 0. The number of benzene rings is 1. The Morgan fingerprint density at radius 2 is 2.06 bits per heavy atom. The lowest BCUT2D eigenvalue weighted by molar-refractivity contribution is 0.100. The van der Waals surface area contributed by atoms with Crippen LogP contribution in [0.25, 0.3) is 11.3 Å². The van der Waals surface area contributed by atoms with Crippen LogP contribution in [-0.2, 0) is 11.3 Å². The fourth-order valence-corrected chi connectivity index (χ4v) is 1.71. The van der Waals surface area contributed by atoms with E-state index in [1.165, 1.54) is 6.92 Å². The number of ether oxygens (including phenoxy) is 1. The van der Waals surface area contributed by atoms with Crippen molar-refractivity contribution in [2.24, 2.45) is 0 Å². The van der Waals surface area contributed by atoms with Gasteiger partial charge in [-0.1, -0.05) is 35.5 Å². The van der Waals surface area contributed by atoms with Gasteiger partial charge in [-0.2, -0.15) is 0 Å². The van der Waals surface area contributed by atoms with Crippen molar-refractivity contribution >= 4 is 5.78 Å². The van der Waals surface area contributed by atoms with Gasteiger partial charge in [0, 0.05) is 12.7 Å². The van der Waals surface area contributed by atoms with Gasteiger partial charge in [0.25, 0.3) is 0 Å². The van der Waals surface area contributed by atoms with Gasteiger partial charge in [-0.3, -0.25) is 4.79 Å². The molecule has 0 fully saturated rings. The van der Waals surface area contributed by atoms with Gasteiger partial charge in [-0.05, 0) is 6.92 Å². The molecule has 4 nitrogen and oxygen atoms in total. The minimum atomic E-state index is -0.0721. The molecule has 0 aliphatic rings. The van der Waals surface area contributed by atoms with Crippen molar-refractivity contribution in [3.05, 3.63) is 41.7 Å². The summed E-state index contributed by atoms with van der Waals surface area (Å²) >= 11 is 0. The Balaban J connectivity index is 2.52. The first-order chi connectivity index (χ1) is 8.24. The molecule has 0 N–H and O–H groups in total. The summed E-state index contributed by atoms with van der Waals surface area (Å²) in [6.07, 6.45) is 0. The summed E-state index contributed by atoms with van der Waals surface area (Å²) < 4.78 is 10.1. The van der Waals surface area contributed by atoms with Gasteiger partial charge in [-0.15, -0.1) is 0 Å². The number of carbonyl (C=O) groups is 1. The molecular weight excluding hydrogens is 218 g/mol. The minimum Gasteiger partial charge on any atom is -0.377 e.